The summed E-state index contributed by atoms with van der Waals surface area (Å²) in [5.41, 5.74) is 4.82. The van der Waals surface area contributed by atoms with Crippen molar-refractivity contribution in [2.24, 2.45) is 5.73 Å². The molecule has 168 valence electrons. The van der Waals surface area contributed by atoms with Crippen LogP contribution in [-0.4, -0.2) is 17.1 Å². The smallest absolute Gasteiger partial charge is 0.439 e. The van der Waals surface area contributed by atoms with Gasteiger partial charge in [-0.15, -0.1) is 0 Å². The van der Waals surface area contributed by atoms with Crippen molar-refractivity contribution < 1.29 is 40.6 Å². The van der Waals surface area contributed by atoms with Crippen LogP contribution in [0.15, 0.2) is 66.7 Å². The van der Waals surface area contributed by atoms with Gasteiger partial charge < -0.3 is 9.47 Å². The molecule has 0 radical (unpaired) electrons. The molecule has 1 heterocycles. The number of hydrogen-bond donors (Lipinski definition) is 1. The second-order valence-corrected chi connectivity index (χ2v) is 6.44. The van der Waals surface area contributed by atoms with E-state index in [1.807, 2.05) is 18.2 Å². The number of hydrogen-bond acceptors (Lipinski definition) is 5. The molecule has 32 heavy (non-hydrogen) atoms. The van der Waals surface area contributed by atoms with E-state index in [-0.39, 0.29) is 5.75 Å². The number of pyridine rings is 1. The molecule has 0 fully saturated rings. The zero-order valence-corrected chi connectivity index (χ0v) is 15.9. The van der Waals surface area contributed by atoms with Gasteiger partial charge in [0.2, 0.25) is 5.88 Å². The standard InChI is InChI=1S/C21H14F6N2O3/c22-20(23,24)16-10-14(18(28)32-19(30)21(25,26)27)11-17(29-16)31-15-8-4-7-13(9-15)12-5-2-1-3-6-12/h1-11,18H,28H2. The monoisotopic (exact) mass is 456 g/mol. The molecule has 0 aliphatic carbocycles. The average Bonchev–Trinajstić information content (AvgIpc) is 2.73. The summed E-state index contributed by atoms with van der Waals surface area (Å²) in [5.74, 6) is -3.13. The fourth-order valence-corrected chi connectivity index (χ4v) is 2.63. The number of nitrogens with zero attached hydrogens (tertiary/aromatic N) is 1. The maximum absolute atomic E-state index is 13.2. The number of ether oxygens (including phenoxy) is 2. The summed E-state index contributed by atoms with van der Waals surface area (Å²) in [4.78, 5) is 14.3. The van der Waals surface area contributed by atoms with Gasteiger partial charge in [-0.25, -0.2) is 9.78 Å². The summed E-state index contributed by atoms with van der Waals surface area (Å²) >= 11 is 0. The van der Waals surface area contributed by atoms with Crippen molar-refractivity contribution in [3.63, 3.8) is 0 Å². The first-order valence-electron chi connectivity index (χ1n) is 8.89. The van der Waals surface area contributed by atoms with Crippen LogP contribution in [0.25, 0.3) is 11.1 Å². The Bertz CT molecular complexity index is 1100. The zero-order valence-electron chi connectivity index (χ0n) is 15.9. The average molecular weight is 456 g/mol. The van der Waals surface area contributed by atoms with Crippen molar-refractivity contribution in [1.29, 1.82) is 0 Å². The summed E-state index contributed by atoms with van der Waals surface area (Å²) in [5, 5.41) is 0. The Kier molecular flexibility index (Phi) is 6.40. The van der Waals surface area contributed by atoms with Crippen molar-refractivity contribution >= 4 is 5.97 Å². The van der Waals surface area contributed by atoms with Gasteiger partial charge in [0.15, 0.2) is 6.23 Å². The van der Waals surface area contributed by atoms with E-state index in [4.69, 9.17) is 10.5 Å². The van der Waals surface area contributed by atoms with Gasteiger partial charge in [-0.3, -0.25) is 5.73 Å². The number of halogens is 6. The highest BCUT2D eigenvalue weighted by Gasteiger charge is 2.42. The van der Waals surface area contributed by atoms with Crippen molar-refractivity contribution in [2.45, 2.75) is 18.6 Å². The Hall–Kier alpha value is -3.60. The molecule has 0 aliphatic rings. The van der Waals surface area contributed by atoms with Crippen LogP contribution in [0.3, 0.4) is 0 Å². The molecule has 2 N–H and O–H groups in total. The minimum atomic E-state index is -5.37. The van der Waals surface area contributed by atoms with Gasteiger partial charge in [0.1, 0.15) is 11.4 Å². The maximum Gasteiger partial charge on any atom is 0.490 e. The topological polar surface area (TPSA) is 74.4 Å². The van der Waals surface area contributed by atoms with Crippen LogP contribution in [0, 0.1) is 0 Å². The molecule has 0 bridgehead atoms. The zero-order chi connectivity index (χ0) is 23.5. The molecule has 1 atom stereocenters. The summed E-state index contributed by atoms with van der Waals surface area (Å²) in [6.45, 7) is 0. The molecule has 0 aliphatic heterocycles. The molecular formula is C21H14F6N2O3. The van der Waals surface area contributed by atoms with E-state index in [1.165, 1.54) is 6.07 Å². The van der Waals surface area contributed by atoms with Crippen LogP contribution in [0.1, 0.15) is 17.5 Å². The van der Waals surface area contributed by atoms with Crippen LogP contribution in [-0.2, 0) is 15.7 Å². The Balaban J connectivity index is 1.93. The highest BCUT2D eigenvalue weighted by Crippen LogP contribution is 2.34. The predicted molar refractivity (Wildman–Crippen MR) is 100 cm³/mol. The lowest BCUT2D eigenvalue weighted by molar-refractivity contribution is -0.205. The van der Waals surface area contributed by atoms with E-state index in [9.17, 15) is 31.1 Å². The summed E-state index contributed by atoms with van der Waals surface area (Å²) in [7, 11) is 0. The Labute approximate surface area is 177 Å². The summed E-state index contributed by atoms with van der Waals surface area (Å²) < 4.78 is 86.3. The van der Waals surface area contributed by atoms with Crippen molar-refractivity contribution in [3.8, 4) is 22.8 Å². The number of benzene rings is 2. The van der Waals surface area contributed by atoms with E-state index in [0.717, 1.165) is 11.6 Å². The van der Waals surface area contributed by atoms with E-state index in [1.54, 1.807) is 30.3 Å². The number of nitrogens with two attached hydrogens (primary N) is 1. The van der Waals surface area contributed by atoms with Crippen LogP contribution in [0.4, 0.5) is 26.3 Å². The first kappa shape index (κ1) is 23.1. The maximum atomic E-state index is 13.2. The fraction of sp³-hybridized carbons (Fsp3) is 0.143. The molecule has 1 aromatic heterocycles. The Morgan fingerprint density at radius 3 is 2.16 bits per heavy atom. The van der Waals surface area contributed by atoms with Gasteiger partial charge in [0.25, 0.3) is 0 Å². The van der Waals surface area contributed by atoms with Crippen molar-refractivity contribution in [2.75, 3.05) is 0 Å². The van der Waals surface area contributed by atoms with Gasteiger partial charge in [-0.1, -0.05) is 42.5 Å². The van der Waals surface area contributed by atoms with Gasteiger partial charge >= 0.3 is 18.3 Å². The second kappa shape index (κ2) is 8.87. The minimum absolute atomic E-state index is 0.116. The first-order chi connectivity index (χ1) is 14.9. The number of aromatic nitrogens is 1. The van der Waals surface area contributed by atoms with Crippen molar-refractivity contribution in [3.05, 3.63) is 78.0 Å². The molecule has 3 rings (SSSR count). The number of carbonyl (C=O) groups is 1. The molecule has 5 nitrogen and oxygen atoms in total. The SMILES string of the molecule is NC(OC(=O)C(F)(F)F)c1cc(Oc2cccc(-c3ccccc3)c2)nc(C(F)(F)F)c1. The van der Waals surface area contributed by atoms with Gasteiger partial charge in [0, 0.05) is 11.6 Å². The van der Waals surface area contributed by atoms with E-state index >= 15 is 0 Å². The first-order valence-corrected chi connectivity index (χ1v) is 8.89. The van der Waals surface area contributed by atoms with Gasteiger partial charge in [0.05, 0.1) is 0 Å². The molecular weight excluding hydrogens is 442 g/mol. The van der Waals surface area contributed by atoms with Crippen LogP contribution >= 0.6 is 0 Å². The third kappa shape index (κ3) is 5.76. The van der Waals surface area contributed by atoms with E-state index < -0.39 is 41.7 Å². The fourth-order valence-electron chi connectivity index (χ4n) is 2.63. The van der Waals surface area contributed by atoms with Crippen LogP contribution in [0.5, 0.6) is 11.6 Å². The van der Waals surface area contributed by atoms with Crippen LogP contribution in [0.2, 0.25) is 0 Å². The number of alkyl halides is 6. The highest BCUT2D eigenvalue weighted by molar-refractivity contribution is 5.75. The second-order valence-electron chi connectivity index (χ2n) is 6.44. The normalized spacial score (nSPS) is 12.8. The molecule has 0 amide bonds. The lowest BCUT2D eigenvalue weighted by Gasteiger charge is -2.17. The number of esters is 1. The molecule has 1 unspecified atom stereocenters. The van der Waals surface area contributed by atoms with E-state index in [2.05, 4.69) is 9.72 Å². The van der Waals surface area contributed by atoms with E-state index in [0.29, 0.717) is 11.6 Å². The van der Waals surface area contributed by atoms with Crippen molar-refractivity contribution in [1.82, 2.24) is 4.98 Å². The molecule has 2 aromatic carbocycles. The Morgan fingerprint density at radius 1 is 0.875 bits per heavy atom. The molecule has 0 saturated carbocycles. The largest absolute Gasteiger partial charge is 0.490 e. The van der Waals surface area contributed by atoms with Crippen LogP contribution < -0.4 is 10.5 Å². The summed E-state index contributed by atoms with van der Waals surface area (Å²) in [6.07, 6.45) is -12.5. The highest BCUT2D eigenvalue weighted by atomic mass is 19.4. The Morgan fingerprint density at radius 2 is 1.53 bits per heavy atom. The summed E-state index contributed by atoms with van der Waals surface area (Å²) in [6, 6.07) is 16.6. The number of carbonyl (C=O) groups excluding carboxylic acids is 1. The molecule has 0 spiro atoms. The van der Waals surface area contributed by atoms with Gasteiger partial charge in [-0.05, 0) is 29.3 Å². The lowest BCUT2D eigenvalue weighted by Crippen LogP contribution is -2.30. The number of rotatable bonds is 5. The molecule has 0 saturated heterocycles. The predicted octanol–water partition coefficient (Wildman–Crippen LogP) is 5.62. The van der Waals surface area contributed by atoms with Gasteiger partial charge in [-0.2, -0.15) is 26.3 Å². The third-order valence-corrected chi connectivity index (χ3v) is 4.07. The lowest BCUT2D eigenvalue weighted by atomic mass is 10.1. The molecule has 3 aromatic rings. The quantitative estimate of drug-likeness (QED) is 0.306. The molecule has 11 heteroatoms. The minimum Gasteiger partial charge on any atom is -0.439 e. The third-order valence-electron chi connectivity index (χ3n) is 4.07.